The third kappa shape index (κ3) is 6.89. The van der Waals surface area contributed by atoms with E-state index in [9.17, 15) is 0 Å². The molecule has 14 rings (SSSR count). The summed E-state index contributed by atoms with van der Waals surface area (Å²) >= 11 is 0. The van der Waals surface area contributed by atoms with E-state index < -0.39 is 16.1 Å². The van der Waals surface area contributed by atoms with E-state index in [0.29, 0.717) is 26.4 Å². The Hall–Kier alpha value is -7.15. The summed E-state index contributed by atoms with van der Waals surface area (Å²) in [7, 11) is -4.34. The first-order valence-electron chi connectivity index (χ1n) is 25.3. The first kappa shape index (κ1) is 43.6. The van der Waals surface area contributed by atoms with Gasteiger partial charge in [-0.25, -0.2) is 0 Å². The van der Waals surface area contributed by atoms with Gasteiger partial charge in [0.15, 0.2) is 12.6 Å². The van der Waals surface area contributed by atoms with Crippen LogP contribution in [0.25, 0.3) is 54.6 Å². The van der Waals surface area contributed by atoms with Gasteiger partial charge in [-0.05, 0) is 137 Å². The van der Waals surface area contributed by atoms with Gasteiger partial charge in [-0.1, -0.05) is 148 Å². The second kappa shape index (κ2) is 16.7. The zero-order valence-corrected chi connectivity index (χ0v) is 43.0. The lowest BCUT2D eigenvalue weighted by Gasteiger charge is -2.29. The van der Waals surface area contributed by atoms with Crippen molar-refractivity contribution in [3.05, 3.63) is 205 Å². The molecular formula is C64H54N2O4Si2. The standard InChI is InChI=1S/C64H54N2O4Si2/c1-71(2)59-37-45-36-56-54-30-28-50(66(58-18-10-14-42-12-6-8-16-52(42)58)48-25-21-44(22-26-48)64-69-33-34-70-64)40-62(54)72(3,4)60(56)38-46(45)35-55(59)53-29-27-49(39-61(53)71)65(57-17-9-13-41-11-5-7-15-51(41)57)47-23-19-43(20-24-47)63-67-31-32-68-63/h5-30,35-40,63-64H,31-34H2,1-4H3. The van der Waals surface area contributed by atoms with Crippen molar-refractivity contribution in [1.82, 2.24) is 0 Å². The van der Waals surface area contributed by atoms with Crippen molar-refractivity contribution in [1.29, 1.82) is 0 Å². The van der Waals surface area contributed by atoms with Crippen molar-refractivity contribution in [2.45, 2.75) is 38.8 Å². The van der Waals surface area contributed by atoms with Gasteiger partial charge >= 0.3 is 0 Å². The molecule has 10 aromatic rings. The fraction of sp³-hybridized carbons (Fsp3) is 0.156. The third-order valence-electron chi connectivity index (χ3n) is 16.0. The summed E-state index contributed by atoms with van der Waals surface area (Å²) in [6, 6.07) is 72.8. The van der Waals surface area contributed by atoms with Crippen LogP contribution >= 0.6 is 0 Å². The van der Waals surface area contributed by atoms with E-state index in [-0.39, 0.29) is 12.6 Å². The molecule has 10 aromatic carbocycles. The second-order valence-electron chi connectivity index (χ2n) is 20.8. The van der Waals surface area contributed by atoms with Gasteiger partial charge in [0.25, 0.3) is 0 Å². The molecule has 0 unspecified atom stereocenters. The summed E-state index contributed by atoms with van der Waals surface area (Å²) in [6.07, 6.45) is -0.632. The summed E-state index contributed by atoms with van der Waals surface area (Å²) < 4.78 is 23.5. The summed E-state index contributed by atoms with van der Waals surface area (Å²) in [5, 5.41) is 13.5. The van der Waals surface area contributed by atoms with Crippen LogP contribution < -0.4 is 30.5 Å². The topological polar surface area (TPSA) is 43.4 Å². The van der Waals surface area contributed by atoms with E-state index in [0.717, 1.165) is 45.3 Å². The minimum Gasteiger partial charge on any atom is -0.346 e. The number of hydrogen-bond donors (Lipinski definition) is 0. The zero-order valence-electron chi connectivity index (χ0n) is 41.0. The van der Waals surface area contributed by atoms with E-state index in [2.05, 4.69) is 230 Å². The van der Waals surface area contributed by atoms with Crippen LogP contribution in [0.4, 0.5) is 34.1 Å². The van der Waals surface area contributed by atoms with E-state index in [1.54, 1.807) is 0 Å². The molecule has 0 aliphatic carbocycles. The molecule has 4 heterocycles. The van der Waals surface area contributed by atoms with Gasteiger partial charge in [0, 0.05) is 44.6 Å². The van der Waals surface area contributed by atoms with Crippen molar-refractivity contribution in [2.24, 2.45) is 0 Å². The molecule has 0 aromatic heterocycles. The van der Waals surface area contributed by atoms with Crippen molar-refractivity contribution in [2.75, 3.05) is 36.2 Å². The van der Waals surface area contributed by atoms with Gasteiger partial charge in [-0.3, -0.25) is 0 Å². The summed E-state index contributed by atoms with van der Waals surface area (Å²) in [5.74, 6) is 0. The van der Waals surface area contributed by atoms with Crippen molar-refractivity contribution >= 4 is 103 Å². The van der Waals surface area contributed by atoms with Gasteiger partial charge < -0.3 is 28.7 Å². The van der Waals surface area contributed by atoms with E-state index in [4.69, 9.17) is 18.9 Å². The lowest BCUT2D eigenvalue weighted by atomic mass is 9.97. The molecule has 0 amide bonds. The van der Waals surface area contributed by atoms with Crippen molar-refractivity contribution < 1.29 is 18.9 Å². The zero-order chi connectivity index (χ0) is 48.3. The molecule has 0 N–H and O–H groups in total. The van der Waals surface area contributed by atoms with Crippen LogP contribution in [0.3, 0.4) is 0 Å². The van der Waals surface area contributed by atoms with E-state index in [1.165, 1.54) is 75.3 Å². The van der Waals surface area contributed by atoms with Crippen LogP contribution in [0.1, 0.15) is 23.7 Å². The molecule has 4 aliphatic heterocycles. The molecule has 0 saturated carbocycles. The fourth-order valence-electron chi connectivity index (χ4n) is 12.3. The first-order valence-corrected chi connectivity index (χ1v) is 31.3. The van der Waals surface area contributed by atoms with E-state index >= 15 is 0 Å². The number of ether oxygens (including phenoxy) is 4. The van der Waals surface area contributed by atoms with Crippen LogP contribution in [0.2, 0.25) is 26.2 Å². The monoisotopic (exact) mass is 970 g/mol. The predicted molar refractivity (Wildman–Crippen MR) is 302 cm³/mol. The van der Waals surface area contributed by atoms with Crippen LogP contribution in [0, 0.1) is 0 Å². The average Bonchev–Trinajstić information content (AvgIpc) is 4.24. The predicted octanol–water partition coefficient (Wildman–Crippen LogP) is 13.8. The molecule has 4 aliphatic rings. The van der Waals surface area contributed by atoms with Crippen LogP contribution in [-0.4, -0.2) is 42.6 Å². The normalized spacial score (nSPS) is 16.6. The third-order valence-corrected chi connectivity index (χ3v) is 23.1. The molecule has 72 heavy (non-hydrogen) atoms. The number of benzene rings is 10. The molecule has 352 valence electrons. The molecular weight excluding hydrogens is 917 g/mol. The maximum Gasteiger partial charge on any atom is 0.184 e. The Kier molecular flexibility index (Phi) is 10.1. The van der Waals surface area contributed by atoms with Gasteiger partial charge in [0.05, 0.1) is 37.8 Å². The molecule has 0 spiro atoms. The Morgan fingerprint density at radius 1 is 0.333 bits per heavy atom. The second-order valence-corrected chi connectivity index (χ2v) is 29.5. The van der Waals surface area contributed by atoms with Crippen molar-refractivity contribution in [3.63, 3.8) is 0 Å². The maximum atomic E-state index is 5.88. The van der Waals surface area contributed by atoms with Crippen molar-refractivity contribution in [3.8, 4) is 22.3 Å². The number of anilines is 6. The molecule has 2 fully saturated rings. The molecule has 0 bridgehead atoms. The largest absolute Gasteiger partial charge is 0.346 e. The Bertz CT molecular complexity index is 3540. The summed E-state index contributed by atoms with van der Waals surface area (Å²) in [6.45, 7) is 12.6. The highest BCUT2D eigenvalue weighted by molar-refractivity contribution is 7.04. The lowest BCUT2D eigenvalue weighted by Crippen LogP contribution is -2.49. The number of nitrogens with zero attached hydrogens (tertiary/aromatic N) is 2. The molecule has 6 nitrogen and oxygen atoms in total. The Morgan fingerprint density at radius 3 is 1.11 bits per heavy atom. The Labute approximate surface area is 422 Å². The van der Waals surface area contributed by atoms with Crippen LogP contribution in [0.5, 0.6) is 0 Å². The van der Waals surface area contributed by atoms with Crippen LogP contribution in [0.15, 0.2) is 194 Å². The first-order chi connectivity index (χ1) is 35.2. The lowest BCUT2D eigenvalue weighted by molar-refractivity contribution is -0.0443. The van der Waals surface area contributed by atoms with Gasteiger partial charge in [0.2, 0.25) is 0 Å². The Balaban J connectivity index is 0.850. The minimum absolute atomic E-state index is 0.316. The molecule has 0 atom stereocenters. The fourth-order valence-corrected chi connectivity index (χ4v) is 18.5. The summed E-state index contributed by atoms with van der Waals surface area (Å²) in [5.41, 5.74) is 14.4. The highest BCUT2D eigenvalue weighted by atomic mass is 28.3. The Morgan fingerprint density at radius 2 is 0.694 bits per heavy atom. The quantitative estimate of drug-likeness (QED) is 0.141. The number of rotatable bonds is 8. The van der Waals surface area contributed by atoms with Gasteiger partial charge in [0.1, 0.15) is 16.1 Å². The van der Waals surface area contributed by atoms with E-state index in [1.807, 2.05) is 0 Å². The molecule has 2 saturated heterocycles. The molecule has 0 radical (unpaired) electrons. The van der Waals surface area contributed by atoms with Gasteiger partial charge in [-0.15, -0.1) is 0 Å². The SMILES string of the molecule is C[Si]1(C)c2cc(N(c3ccc(C4OCCO4)cc3)c3cccc4ccccc34)ccc2-c2cc3cc4c(cc3cc21)-c1ccc(N(c2ccc(C3OCCO3)cc2)c2cccc3ccccc23)cc1[Si]4(C)C. The number of fused-ring (bicyclic) bond motifs is 9. The summed E-state index contributed by atoms with van der Waals surface area (Å²) in [4.78, 5) is 4.87. The highest BCUT2D eigenvalue weighted by Gasteiger charge is 2.41. The highest BCUT2D eigenvalue weighted by Crippen LogP contribution is 2.44. The average molecular weight is 971 g/mol. The van der Waals surface area contributed by atoms with Gasteiger partial charge in [-0.2, -0.15) is 0 Å². The van der Waals surface area contributed by atoms with Crippen LogP contribution in [-0.2, 0) is 18.9 Å². The minimum atomic E-state index is -2.17. The molecule has 8 heteroatoms. The maximum absolute atomic E-state index is 5.88. The number of hydrogen-bond acceptors (Lipinski definition) is 6. The smallest absolute Gasteiger partial charge is 0.184 e.